The fraction of sp³-hybridized carbons (Fsp3) is 0.533. The van der Waals surface area contributed by atoms with Crippen molar-refractivity contribution in [2.75, 3.05) is 31.6 Å². The Morgan fingerprint density at radius 3 is 2.67 bits per heavy atom. The molecule has 2 rings (SSSR count). The van der Waals surface area contributed by atoms with Crippen LogP contribution in [0.25, 0.3) is 0 Å². The molecule has 0 saturated carbocycles. The minimum absolute atomic E-state index is 0.501. The SMILES string of the molecule is CC(C)(F)C(=O)Nc1ccc(CN2CCOCC2)c(Cl)c1. The van der Waals surface area contributed by atoms with Gasteiger partial charge in [-0.25, -0.2) is 4.39 Å². The summed E-state index contributed by atoms with van der Waals surface area (Å²) in [5, 5.41) is 3.09. The van der Waals surface area contributed by atoms with Crippen LogP contribution in [0, 0.1) is 0 Å². The van der Waals surface area contributed by atoms with E-state index in [0.717, 1.165) is 38.4 Å². The van der Waals surface area contributed by atoms with Gasteiger partial charge in [-0.15, -0.1) is 0 Å². The standard InChI is InChI=1S/C15H20ClFN2O2/c1-15(2,17)14(20)18-12-4-3-11(13(16)9-12)10-19-5-7-21-8-6-19/h3-4,9H,5-8,10H2,1-2H3,(H,18,20). The molecule has 21 heavy (non-hydrogen) atoms. The summed E-state index contributed by atoms with van der Waals surface area (Å²) < 4.78 is 18.8. The van der Waals surface area contributed by atoms with Gasteiger partial charge in [0.05, 0.1) is 13.2 Å². The Morgan fingerprint density at radius 1 is 1.43 bits per heavy atom. The van der Waals surface area contributed by atoms with Gasteiger partial charge in [-0.3, -0.25) is 9.69 Å². The molecule has 1 fully saturated rings. The molecule has 0 spiro atoms. The van der Waals surface area contributed by atoms with E-state index in [1.807, 2.05) is 6.07 Å². The van der Waals surface area contributed by atoms with Crippen molar-refractivity contribution in [1.82, 2.24) is 4.90 Å². The van der Waals surface area contributed by atoms with Crippen LogP contribution in [0.2, 0.25) is 5.02 Å². The molecule has 0 aliphatic carbocycles. The lowest BCUT2D eigenvalue weighted by Crippen LogP contribution is -2.35. The van der Waals surface area contributed by atoms with Crippen LogP contribution in [0.1, 0.15) is 19.4 Å². The number of halogens is 2. The molecule has 0 unspecified atom stereocenters. The highest BCUT2D eigenvalue weighted by molar-refractivity contribution is 6.31. The van der Waals surface area contributed by atoms with Gasteiger partial charge in [-0.1, -0.05) is 17.7 Å². The van der Waals surface area contributed by atoms with Crippen LogP contribution in [0.15, 0.2) is 18.2 Å². The number of nitrogens with zero attached hydrogens (tertiary/aromatic N) is 1. The summed E-state index contributed by atoms with van der Waals surface area (Å²) in [7, 11) is 0. The zero-order valence-corrected chi connectivity index (χ0v) is 13.0. The number of amides is 1. The second-order valence-corrected chi connectivity index (χ2v) is 6.03. The van der Waals surface area contributed by atoms with E-state index in [0.29, 0.717) is 10.7 Å². The normalized spacial score (nSPS) is 16.8. The maximum atomic E-state index is 13.5. The molecular weight excluding hydrogens is 295 g/mol. The number of carbonyl (C=O) groups excluding carboxylic acids is 1. The Kier molecular flexibility index (Phi) is 5.19. The first-order valence-electron chi connectivity index (χ1n) is 6.95. The zero-order chi connectivity index (χ0) is 15.5. The third kappa shape index (κ3) is 4.66. The van der Waals surface area contributed by atoms with E-state index in [-0.39, 0.29) is 0 Å². The number of carbonyl (C=O) groups is 1. The van der Waals surface area contributed by atoms with Crippen molar-refractivity contribution in [2.24, 2.45) is 0 Å². The number of morpholine rings is 1. The Balaban J connectivity index is 2.01. The topological polar surface area (TPSA) is 41.6 Å². The Labute approximate surface area is 129 Å². The predicted molar refractivity (Wildman–Crippen MR) is 81.4 cm³/mol. The summed E-state index contributed by atoms with van der Waals surface area (Å²) in [6.07, 6.45) is 0. The Morgan fingerprint density at radius 2 is 2.10 bits per heavy atom. The third-order valence-electron chi connectivity index (χ3n) is 3.35. The first kappa shape index (κ1) is 16.2. The van der Waals surface area contributed by atoms with Crippen molar-refractivity contribution in [2.45, 2.75) is 26.1 Å². The lowest BCUT2D eigenvalue weighted by Gasteiger charge is -2.27. The summed E-state index contributed by atoms with van der Waals surface area (Å²) in [5.41, 5.74) is -0.434. The van der Waals surface area contributed by atoms with E-state index < -0.39 is 11.6 Å². The average Bonchev–Trinajstić information content (AvgIpc) is 2.42. The average molecular weight is 315 g/mol. The molecule has 6 heteroatoms. The Bertz CT molecular complexity index is 511. The lowest BCUT2D eigenvalue weighted by molar-refractivity contribution is -0.125. The van der Waals surface area contributed by atoms with Crippen LogP contribution in [-0.4, -0.2) is 42.8 Å². The van der Waals surface area contributed by atoms with Gasteiger partial charge in [0, 0.05) is 30.3 Å². The molecule has 1 aromatic rings. The summed E-state index contributed by atoms with van der Waals surface area (Å²) in [5.74, 6) is -0.681. The van der Waals surface area contributed by atoms with E-state index in [1.165, 1.54) is 13.8 Å². The number of anilines is 1. The predicted octanol–water partition coefficient (Wildman–Crippen LogP) is 2.86. The van der Waals surface area contributed by atoms with Gasteiger partial charge in [-0.05, 0) is 31.5 Å². The molecule has 1 amide bonds. The van der Waals surface area contributed by atoms with Crippen molar-refractivity contribution in [1.29, 1.82) is 0 Å². The molecule has 1 N–H and O–H groups in total. The number of rotatable bonds is 4. The van der Waals surface area contributed by atoms with Crippen LogP contribution in [0.3, 0.4) is 0 Å². The van der Waals surface area contributed by atoms with Crippen LogP contribution in [-0.2, 0) is 16.1 Å². The van der Waals surface area contributed by atoms with Crippen molar-refractivity contribution in [3.63, 3.8) is 0 Å². The summed E-state index contributed by atoms with van der Waals surface area (Å²) in [6, 6.07) is 5.25. The van der Waals surface area contributed by atoms with E-state index in [4.69, 9.17) is 16.3 Å². The fourth-order valence-corrected chi connectivity index (χ4v) is 2.27. The molecular formula is C15H20ClFN2O2. The lowest BCUT2D eigenvalue weighted by atomic mass is 10.1. The van der Waals surface area contributed by atoms with E-state index in [1.54, 1.807) is 12.1 Å². The number of alkyl halides is 1. The summed E-state index contributed by atoms with van der Waals surface area (Å²) >= 11 is 6.24. The largest absolute Gasteiger partial charge is 0.379 e. The molecule has 1 aliphatic rings. The van der Waals surface area contributed by atoms with Crippen LogP contribution in [0.5, 0.6) is 0 Å². The molecule has 4 nitrogen and oxygen atoms in total. The van der Waals surface area contributed by atoms with E-state index in [2.05, 4.69) is 10.2 Å². The van der Waals surface area contributed by atoms with Crippen LogP contribution >= 0.6 is 11.6 Å². The van der Waals surface area contributed by atoms with Crippen molar-refractivity contribution < 1.29 is 13.9 Å². The number of hydrogen-bond acceptors (Lipinski definition) is 3. The maximum Gasteiger partial charge on any atom is 0.261 e. The Hall–Kier alpha value is -1.17. The zero-order valence-electron chi connectivity index (χ0n) is 12.3. The molecule has 1 heterocycles. The first-order chi connectivity index (χ1) is 9.86. The molecule has 0 radical (unpaired) electrons. The molecule has 116 valence electrons. The first-order valence-corrected chi connectivity index (χ1v) is 7.33. The molecule has 1 saturated heterocycles. The molecule has 1 aromatic carbocycles. The fourth-order valence-electron chi connectivity index (χ4n) is 2.03. The molecule has 1 aliphatic heterocycles. The third-order valence-corrected chi connectivity index (χ3v) is 3.70. The minimum atomic E-state index is -1.92. The van der Waals surface area contributed by atoms with Crippen LogP contribution in [0.4, 0.5) is 10.1 Å². The van der Waals surface area contributed by atoms with Crippen molar-refractivity contribution in [3.05, 3.63) is 28.8 Å². The summed E-state index contributed by atoms with van der Waals surface area (Å²) in [6.45, 7) is 6.41. The van der Waals surface area contributed by atoms with Crippen molar-refractivity contribution in [3.8, 4) is 0 Å². The van der Waals surface area contributed by atoms with Gasteiger partial charge in [0.25, 0.3) is 5.91 Å². The highest BCUT2D eigenvalue weighted by atomic mass is 35.5. The van der Waals surface area contributed by atoms with E-state index >= 15 is 0 Å². The molecule has 0 atom stereocenters. The second-order valence-electron chi connectivity index (χ2n) is 5.62. The monoisotopic (exact) mass is 314 g/mol. The number of ether oxygens (including phenoxy) is 1. The minimum Gasteiger partial charge on any atom is -0.379 e. The molecule has 0 aromatic heterocycles. The van der Waals surface area contributed by atoms with Gasteiger partial charge >= 0.3 is 0 Å². The maximum absolute atomic E-state index is 13.5. The van der Waals surface area contributed by atoms with Gasteiger partial charge in [0.1, 0.15) is 0 Å². The van der Waals surface area contributed by atoms with Crippen LogP contribution < -0.4 is 5.32 Å². The highest BCUT2D eigenvalue weighted by Crippen LogP contribution is 2.24. The quantitative estimate of drug-likeness (QED) is 0.929. The van der Waals surface area contributed by atoms with Gasteiger partial charge in [0.15, 0.2) is 5.67 Å². The second kappa shape index (κ2) is 6.73. The number of benzene rings is 1. The van der Waals surface area contributed by atoms with Gasteiger partial charge in [0.2, 0.25) is 0 Å². The number of nitrogens with one attached hydrogen (secondary N) is 1. The highest BCUT2D eigenvalue weighted by Gasteiger charge is 2.26. The van der Waals surface area contributed by atoms with Crippen molar-refractivity contribution >= 4 is 23.2 Å². The smallest absolute Gasteiger partial charge is 0.261 e. The van der Waals surface area contributed by atoms with Gasteiger partial charge in [-0.2, -0.15) is 0 Å². The summed E-state index contributed by atoms with van der Waals surface area (Å²) in [4.78, 5) is 13.9. The number of hydrogen-bond donors (Lipinski definition) is 1. The van der Waals surface area contributed by atoms with Gasteiger partial charge < -0.3 is 10.1 Å². The van der Waals surface area contributed by atoms with E-state index in [9.17, 15) is 9.18 Å². The molecule has 0 bridgehead atoms.